The van der Waals surface area contributed by atoms with Crippen molar-refractivity contribution in [3.05, 3.63) is 0 Å². The Morgan fingerprint density at radius 1 is 1.29 bits per heavy atom. The molecule has 1 N–H and O–H groups in total. The molecule has 1 aliphatic heterocycles. The molecule has 0 unspecified atom stereocenters. The Labute approximate surface area is 86.2 Å². The van der Waals surface area contributed by atoms with Gasteiger partial charge in [-0.1, -0.05) is 0 Å². The quantitative estimate of drug-likeness (QED) is 0.635. The molecule has 0 aliphatic carbocycles. The average Bonchev–Trinajstić information content (AvgIpc) is 2.18. The van der Waals surface area contributed by atoms with Crippen LogP contribution in [0, 0.1) is 0 Å². The zero-order valence-corrected chi connectivity index (χ0v) is 9.42. The van der Waals surface area contributed by atoms with Gasteiger partial charge >= 0.3 is 0 Å². The van der Waals surface area contributed by atoms with E-state index in [-0.39, 0.29) is 5.54 Å². The van der Waals surface area contributed by atoms with Crippen LogP contribution in [0.25, 0.3) is 0 Å². The minimum Gasteiger partial charge on any atom is -0.343 e. The molecule has 4 nitrogen and oxygen atoms in total. The largest absolute Gasteiger partial charge is 0.343 e. The predicted octanol–water partition coefficient (Wildman–Crippen LogP) is -0.242. The van der Waals surface area contributed by atoms with E-state index in [4.69, 9.17) is 0 Å². The first-order chi connectivity index (χ1) is 6.60. The van der Waals surface area contributed by atoms with Crippen molar-refractivity contribution in [1.29, 1.82) is 0 Å². The minimum atomic E-state index is 0.184. The number of carbonyl (C=O) groups excluding carboxylic acids is 1. The highest BCUT2D eigenvalue weighted by molar-refractivity contribution is 5.47. The summed E-state index contributed by atoms with van der Waals surface area (Å²) in [5.41, 5.74) is 0.184. The van der Waals surface area contributed by atoms with Crippen LogP contribution in [0.2, 0.25) is 0 Å². The van der Waals surface area contributed by atoms with Gasteiger partial charge in [0, 0.05) is 38.3 Å². The Morgan fingerprint density at radius 3 is 2.29 bits per heavy atom. The minimum absolute atomic E-state index is 0.184. The van der Waals surface area contributed by atoms with Crippen LogP contribution in [0.4, 0.5) is 0 Å². The van der Waals surface area contributed by atoms with E-state index < -0.39 is 0 Å². The lowest BCUT2D eigenvalue weighted by Gasteiger charge is -2.43. The van der Waals surface area contributed by atoms with Gasteiger partial charge in [0.2, 0.25) is 6.41 Å². The molecule has 1 aliphatic rings. The Bertz CT molecular complexity index is 186. The van der Waals surface area contributed by atoms with E-state index in [0.717, 1.165) is 39.1 Å². The van der Waals surface area contributed by atoms with E-state index >= 15 is 0 Å². The van der Waals surface area contributed by atoms with Gasteiger partial charge < -0.3 is 10.2 Å². The van der Waals surface area contributed by atoms with E-state index in [1.807, 2.05) is 11.9 Å². The van der Waals surface area contributed by atoms with Crippen molar-refractivity contribution >= 4 is 6.41 Å². The summed E-state index contributed by atoms with van der Waals surface area (Å²) in [6.07, 6.45) is 0.947. The number of nitrogens with one attached hydrogen (secondary N) is 1. The van der Waals surface area contributed by atoms with Crippen LogP contribution in [0.3, 0.4) is 0 Å². The lowest BCUT2D eigenvalue weighted by molar-refractivity contribution is -0.120. The van der Waals surface area contributed by atoms with E-state index in [0.29, 0.717) is 0 Å². The van der Waals surface area contributed by atoms with Gasteiger partial charge in [-0.25, -0.2) is 0 Å². The third kappa shape index (κ3) is 2.69. The number of hydrogen-bond donors (Lipinski definition) is 1. The van der Waals surface area contributed by atoms with Crippen molar-refractivity contribution in [3.8, 4) is 0 Å². The maximum Gasteiger partial charge on any atom is 0.209 e. The second-order valence-electron chi connectivity index (χ2n) is 4.47. The molecule has 0 bridgehead atoms. The van der Waals surface area contributed by atoms with Crippen LogP contribution in [-0.2, 0) is 4.79 Å². The Balaban J connectivity index is 2.44. The molecule has 0 saturated carbocycles. The van der Waals surface area contributed by atoms with Gasteiger partial charge in [-0.3, -0.25) is 9.69 Å². The molecule has 1 rings (SSSR count). The standard InChI is InChI=1S/C10H21N3O/c1-10(2,8-11-3)13-6-4-12(9-14)5-7-13/h9,11H,4-8H2,1-3H3. The molecule has 1 saturated heterocycles. The number of rotatable bonds is 4. The molecular formula is C10H21N3O. The van der Waals surface area contributed by atoms with Gasteiger partial charge in [0.05, 0.1) is 0 Å². The number of likely N-dealkylation sites (N-methyl/N-ethyl adjacent to an activating group) is 1. The fourth-order valence-electron chi connectivity index (χ4n) is 1.98. The molecule has 0 aromatic carbocycles. The van der Waals surface area contributed by atoms with Crippen molar-refractivity contribution in [1.82, 2.24) is 15.1 Å². The molecule has 0 aromatic rings. The number of piperazine rings is 1. The van der Waals surface area contributed by atoms with E-state index in [1.54, 1.807) is 0 Å². The van der Waals surface area contributed by atoms with Crippen LogP contribution in [0.1, 0.15) is 13.8 Å². The van der Waals surface area contributed by atoms with Crippen molar-refractivity contribution in [3.63, 3.8) is 0 Å². The fourth-order valence-corrected chi connectivity index (χ4v) is 1.98. The molecular weight excluding hydrogens is 178 g/mol. The van der Waals surface area contributed by atoms with E-state index in [9.17, 15) is 4.79 Å². The summed E-state index contributed by atoms with van der Waals surface area (Å²) < 4.78 is 0. The van der Waals surface area contributed by atoms with Gasteiger partial charge in [0.1, 0.15) is 0 Å². The summed E-state index contributed by atoms with van der Waals surface area (Å²) in [5, 5.41) is 3.21. The topological polar surface area (TPSA) is 35.6 Å². The monoisotopic (exact) mass is 199 g/mol. The first-order valence-corrected chi connectivity index (χ1v) is 5.19. The third-order valence-corrected chi connectivity index (χ3v) is 2.93. The van der Waals surface area contributed by atoms with Crippen LogP contribution in [0.15, 0.2) is 0 Å². The molecule has 1 fully saturated rings. The van der Waals surface area contributed by atoms with Crippen LogP contribution in [-0.4, -0.2) is 61.5 Å². The van der Waals surface area contributed by atoms with E-state index in [2.05, 4.69) is 24.1 Å². The highest BCUT2D eigenvalue weighted by Crippen LogP contribution is 2.15. The summed E-state index contributed by atoms with van der Waals surface area (Å²) in [5.74, 6) is 0. The second-order valence-corrected chi connectivity index (χ2v) is 4.47. The number of amides is 1. The molecule has 0 atom stereocenters. The lowest BCUT2D eigenvalue weighted by Crippen LogP contribution is -2.57. The number of hydrogen-bond acceptors (Lipinski definition) is 3. The zero-order valence-electron chi connectivity index (χ0n) is 9.42. The summed E-state index contributed by atoms with van der Waals surface area (Å²) in [4.78, 5) is 14.8. The summed E-state index contributed by atoms with van der Waals surface area (Å²) in [6, 6.07) is 0. The summed E-state index contributed by atoms with van der Waals surface area (Å²) >= 11 is 0. The molecule has 1 amide bonds. The Kier molecular flexibility index (Phi) is 3.89. The smallest absolute Gasteiger partial charge is 0.209 e. The third-order valence-electron chi connectivity index (χ3n) is 2.93. The molecule has 4 heteroatoms. The number of carbonyl (C=O) groups is 1. The maximum absolute atomic E-state index is 10.5. The fraction of sp³-hybridized carbons (Fsp3) is 0.900. The van der Waals surface area contributed by atoms with Crippen LogP contribution in [0.5, 0.6) is 0 Å². The summed E-state index contributed by atoms with van der Waals surface area (Å²) in [7, 11) is 1.98. The van der Waals surface area contributed by atoms with E-state index in [1.165, 1.54) is 0 Å². The Morgan fingerprint density at radius 2 is 1.86 bits per heavy atom. The highest BCUT2D eigenvalue weighted by Gasteiger charge is 2.28. The zero-order chi connectivity index (χ0) is 10.6. The summed E-state index contributed by atoms with van der Waals surface area (Å²) in [6.45, 7) is 9.13. The first-order valence-electron chi connectivity index (χ1n) is 5.19. The molecule has 1 heterocycles. The van der Waals surface area contributed by atoms with Crippen LogP contribution >= 0.6 is 0 Å². The first kappa shape index (κ1) is 11.5. The van der Waals surface area contributed by atoms with Gasteiger partial charge in [0.15, 0.2) is 0 Å². The highest BCUT2D eigenvalue weighted by atomic mass is 16.1. The van der Waals surface area contributed by atoms with Crippen molar-refractivity contribution in [2.45, 2.75) is 19.4 Å². The van der Waals surface area contributed by atoms with Crippen molar-refractivity contribution < 1.29 is 4.79 Å². The lowest BCUT2D eigenvalue weighted by atomic mass is 10.0. The second kappa shape index (κ2) is 4.75. The van der Waals surface area contributed by atoms with Crippen molar-refractivity contribution in [2.75, 3.05) is 39.8 Å². The van der Waals surface area contributed by atoms with Crippen LogP contribution < -0.4 is 5.32 Å². The Hall–Kier alpha value is -0.610. The van der Waals surface area contributed by atoms with Gasteiger partial charge in [-0.2, -0.15) is 0 Å². The SMILES string of the molecule is CNCC(C)(C)N1CCN(C=O)CC1. The molecule has 0 spiro atoms. The molecule has 82 valence electrons. The predicted molar refractivity (Wildman–Crippen MR) is 57.2 cm³/mol. The maximum atomic E-state index is 10.5. The molecule has 14 heavy (non-hydrogen) atoms. The molecule has 0 aromatic heterocycles. The van der Waals surface area contributed by atoms with Gasteiger partial charge in [-0.05, 0) is 20.9 Å². The van der Waals surface area contributed by atoms with Gasteiger partial charge in [0.25, 0.3) is 0 Å². The number of nitrogens with zero attached hydrogens (tertiary/aromatic N) is 2. The molecule has 0 radical (unpaired) electrons. The van der Waals surface area contributed by atoms with Gasteiger partial charge in [-0.15, -0.1) is 0 Å². The normalized spacial score (nSPS) is 19.8. The van der Waals surface area contributed by atoms with Crippen molar-refractivity contribution in [2.24, 2.45) is 0 Å². The average molecular weight is 199 g/mol.